The SMILES string of the molecule is CC1OC(=O)c2cc3c(cc21)CCCC3OCc1ccccc1. The first-order valence-corrected chi connectivity index (χ1v) is 8.25. The zero-order valence-corrected chi connectivity index (χ0v) is 13.2. The monoisotopic (exact) mass is 308 g/mol. The summed E-state index contributed by atoms with van der Waals surface area (Å²) in [5.41, 5.74) is 5.38. The highest BCUT2D eigenvalue weighted by Crippen LogP contribution is 2.39. The molecule has 4 rings (SSSR count). The molecule has 1 aliphatic carbocycles. The van der Waals surface area contributed by atoms with Crippen LogP contribution in [0.15, 0.2) is 42.5 Å². The molecule has 1 aliphatic heterocycles. The molecule has 0 amide bonds. The molecule has 0 saturated heterocycles. The fraction of sp³-hybridized carbons (Fsp3) is 0.350. The van der Waals surface area contributed by atoms with E-state index in [9.17, 15) is 4.79 Å². The number of fused-ring (bicyclic) bond motifs is 2. The van der Waals surface area contributed by atoms with Crippen molar-refractivity contribution in [1.29, 1.82) is 0 Å². The third-order valence-electron chi connectivity index (χ3n) is 4.81. The Morgan fingerprint density at radius 2 is 2.00 bits per heavy atom. The van der Waals surface area contributed by atoms with Crippen molar-refractivity contribution in [3.05, 3.63) is 70.3 Å². The van der Waals surface area contributed by atoms with E-state index in [2.05, 4.69) is 18.2 Å². The molecular weight excluding hydrogens is 288 g/mol. The summed E-state index contributed by atoms with van der Waals surface area (Å²) < 4.78 is 11.5. The van der Waals surface area contributed by atoms with Gasteiger partial charge in [0.1, 0.15) is 6.10 Å². The standard InChI is InChI=1S/C20H20O3/c1-13-16-10-15-8-5-9-19(17(15)11-18(16)20(21)23-13)22-12-14-6-3-2-4-7-14/h2-4,6-7,10-11,13,19H,5,8-9,12H2,1H3. The number of hydrogen-bond acceptors (Lipinski definition) is 3. The Bertz CT molecular complexity index is 736. The van der Waals surface area contributed by atoms with E-state index in [1.165, 1.54) is 11.1 Å². The van der Waals surface area contributed by atoms with Gasteiger partial charge in [0.15, 0.2) is 0 Å². The molecule has 23 heavy (non-hydrogen) atoms. The molecule has 0 saturated carbocycles. The van der Waals surface area contributed by atoms with Crippen LogP contribution in [0.25, 0.3) is 0 Å². The predicted molar refractivity (Wildman–Crippen MR) is 87.2 cm³/mol. The number of ether oxygens (including phenoxy) is 2. The van der Waals surface area contributed by atoms with Crippen LogP contribution >= 0.6 is 0 Å². The van der Waals surface area contributed by atoms with Gasteiger partial charge in [-0.15, -0.1) is 0 Å². The van der Waals surface area contributed by atoms with Gasteiger partial charge in [0.25, 0.3) is 0 Å². The maximum Gasteiger partial charge on any atom is 0.339 e. The van der Waals surface area contributed by atoms with Crippen molar-refractivity contribution in [2.45, 2.75) is 45.0 Å². The summed E-state index contributed by atoms with van der Waals surface area (Å²) in [5, 5.41) is 0. The summed E-state index contributed by atoms with van der Waals surface area (Å²) in [6, 6.07) is 14.4. The summed E-state index contributed by atoms with van der Waals surface area (Å²) in [5.74, 6) is -0.206. The highest BCUT2D eigenvalue weighted by Gasteiger charge is 2.32. The minimum atomic E-state index is -0.206. The van der Waals surface area contributed by atoms with E-state index < -0.39 is 0 Å². The van der Waals surface area contributed by atoms with Crippen molar-refractivity contribution < 1.29 is 14.3 Å². The lowest BCUT2D eigenvalue weighted by Gasteiger charge is -2.26. The minimum Gasteiger partial charge on any atom is -0.454 e. The van der Waals surface area contributed by atoms with Crippen LogP contribution in [0.3, 0.4) is 0 Å². The fourth-order valence-corrected chi connectivity index (χ4v) is 3.57. The van der Waals surface area contributed by atoms with Crippen molar-refractivity contribution in [2.24, 2.45) is 0 Å². The summed E-state index contributed by atoms with van der Waals surface area (Å²) in [7, 11) is 0. The van der Waals surface area contributed by atoms with E-state index in [-0.39, 0.29) is 18.2 Å². The third kappa shape index (κ3) is 2.66. The highest BCUT2D eigenvalue weighted by atomic mass is 16.5. The van der Waals surface area contributed by atoms with Crippen LogP contribution in [0, 0.1) is 0 Å². The Kier molecular flexibility index (Phi) is 3.66. The second-order valence-corrected chi connectivity index (χ2v) is 6.36. The summed E-state index contributed by atoms with van der Waals surface area (Å²) >= 11 is 0. The molecule has 118 valence electrons. The molecular formula is C20H20O3. The number of hydrogen-bond donors (Lipinski definition) is 0. The first kappa shape index (κ1) is 14.5. The van der Waals surface area contributed by atoms with Gasteiger partial charge in [0.05, 0.1) is 18.3 Å². The number of cyclic esters (lactones) is 1. The lowest BCUT2D eigenvalue weighted by atomic mass is 9.86. The molecule has 2 unspecified atom stereocenters. The van der Waals surface area contributed by atoms with E-state index in [0.717, 1.165) is 30.4 Å². The summed E-state index contributed by atoms with van der Waals surface area (Å²) in [6.45, 7) is 2.53. The topological polar surface area (TPSA) is 35.5 Å². The first-order chi connectivity index (χ1) is 11.2. The van der Waals surface area contributed by atoms with E-state index in [0.29, 0.717) is 12.2 Å². The average Bonchev–Trinajstić information content (AvgIpc) is 2.86. The number of benzene rings is 2. The van der Waals surface area contributed by atoms with Crippen molar-refractivity contribution in [2.75, 3.05) is 0 Å². The number of carbonyl (C=O) groups is 1. The Balaban J connectivity index is 1.61. The zero-order valence-electron chi connectivity index (χ0n) is 13.2. The lowest BCUT2D eigenvalue weighted by molar-refractivity contribution is 0.0282. The maximum absolute atomic E-state index is 12.0. The van der Waals surface area contributed by atoms with Gasteiger partial charge in [0, 0.05) is 5.56 Å². The quantitative estimate of drug-likeness (QED) is 0.782. The molecule has 2 aromatic carbocycles. The van der Waals surface area contributed by atoms with E-state index >= 15 is 0 Å². The molecule has 1 heterocycles. The molecule has 3 nitrogen and oxygen atoms in total. The first-order valence-electron chi connectivity index (χ1n) is 8.25. The molecule has 0 N–H and O–H groups in total. The van der Waals surface area contributed by atoms with Crippen LogP contribution in [-0.2, 0) is 22.5 Å². The Morgan fingerprint density at radius 3 is 2.83 bits per heavy atom. The smallest absolute Gasteiger partial charge is 0.339 e. The van der Waals surface area contributed by atoms with Gasteiger partial charge in [0.2, 0.25) is 0 Å². The molecule has 0 aromatic heterocycles. The summed E-state index contributed by atoms with van der Waals surface area (Å²) in [4.78, 5) is 12.0. The van der Waals surface area contributed by atoms with Crippen LogP contribution in [0.4, 0.5) is 0 Å². The second kappa shape index (κ2) is 5.82. The largest absolute Gasteiger partial charge is 0.454 e. The second-order valence-electron chi connectivity index (χ2n) is 6.36. The van der Waals surface area contributed by atoms with Gasteiger partial charge >= 0.3 is 5.97 Å². The number of esters is 1. The van der Waals surface area contributed by atoms with Gasteiger partial charge in [-0.1, -0.05) is 36.4 Å². The Morgan fingerprint density at radius 1 is 1.17 bits per heavy atom. The Labute approximate surface area is 136 Å². The van der Waals surface area contributed by atoms with E-state index in [4.69, 9.17) is 9.47 Å². The van der Waals surface area contributed by atoms with Crippen LogP contribution in [0.2, 0.25) is 0 Å². The Hall–Kier alpha value is -2.13. The van der Waals surface area contributed by atoms with Crippen molar-refractivity contribution >= 4 is 5.97 Å². The van der Waals surface area contributed by atoms with Crippen molar-refractivity contribution in [3.8, 4) is 0 Å². The number of aryl methyl sites for hydroxylation is 1. The number of carbonyl (C=O) groups excluding carboxylic acids is 1. The van der Waals surface area contributed by atoms with E-state index in [1.54, 1.807) is 0 Å². The lowest BCUT2D eigenvalue weighted by Crippen LogP contribution is -2.14. The maximum atomic E-state index is 12.0. The van der Waals surface area contributed by atoms with Crippen molar-refractivity contribution in [1.82, 2.24) is 0 Å². The molecule has 2 aromatic rings. The van der Waals surface area contributed by atoms with Crippen LogP contribution in [0.5, 0.6) is 0 Å². The van der Waals surface area contributed by atoms with Gasteiger partial charge in [-0.05, 0) is 48.9 Å². The van der Waals surface area contributed by atoms with Crippen LogP contribution in [-0.4, -0.2) is 5.97 Å². The summed E-state index contributed by atoms with van der Waals surface area (Å²) in [6.07, 6.45) is 3.10. The average molecular weight is 308 g/mol. The third-order valence-corrected chi connectivity index (χ3v) is 4.81. The fourth-order valence-electron chi connectivity index (χ4n) is 3.57. The minimum absolute atomic E-state index is 0.0629. The van der Waals surface area contributed by atoms with Gasteiger partial charge in [-0.25, -0.2) is 4.79 Å². The molecule has 2 aliphatic rings. The predicted octanol–water partition coefficient (Wildman–Crippen LogP) is 4.51. The normalized spacial score (nSPS) is 22.4. The van der Waals surface area contributed by atoms with Gasteiger partial charge < -0.3 is 9.47 Å². The van der Waals surface area contributed by atoms with Gasteiger partial charge in [-0.3, -0.25) is 0 Å². The van der Waals surface area contributed by atoms with Crippen molar-refractivity contribution in [3.63, 3.8) is 0 Å². The molecule has 3 heteroatoms. The molecule has 0 bridgehead atoms. The molecule has 0 radical (unpaired) electrons. The molecule has 0 fully saturated rings. The van der Waals surface area contributed by atoms with Crippen LogP contribution in [0.1, 0.15) is 64.6 Å². The van der Waals surface area contributed by atoms with Crippen LogP contribution < -0.4 is 0 Å². The van der Waals surface area contributed by atoms with Gasteiger partial charge in [-0.2, -0.15) is 0 Å². The molecule has 2 atom stereocenters. The highest BCUT2D eigenvalue weighted by molar-refractivity contribution is 5.94. The molecule has 0 spiro atoms. The number of rotatable bonds is 3. The zero-order chi connectivity index (χ0) is 15.8. The van der Waals surface area contributed by atoms with E-state index in [1.807, 2.05) is 31.2 Å².